The molecule has 0 aromatic carbocycles. The molecule has 1 N–H and O–H groups in total. The largest absolute Gasteiger partial charge is 0.427 e. The lowest BCUT2D eigenvalue weighted by atomic mass is 10.4. The number of alkyl halides is 3. The van der Waals surface area contributed by atoms with Gasteiger partial charge < -0.3 is 10.2 Å². The molecular weight excluding hydrogens is 243 g/mol. The first-order valence-electron chi connectivity index (χ1n) is 4.51. The Bertz CT molecular complexity index is 403. The van der Waals surface area contributed by atoms with Gasteiger partial charge in [0.1, 0.15) is 4.88 Å². The minimum atomic E-state index is -4.37. The standard InChI is InChI=1S/C8H8F3N3OS/c9-8(10,11)5-3-13-7(16-5)14-2-1-12-6(15)4-14/h3H,1-2,4H2,(H,12,15). The highest BCUT2D eigenvalue weighted by Crippen LogP contribution is 2.36. The molecule has 16 heavy (non-hydrogen) atoms. The summed E-state index contributed by atoms with van der Waals surface area (Å²) in [6.45, 7) is 0.973. The van der Waals surface area contributed by atoms with Crippen molar-refractivity contribution in [2.24, 2.45) is 0 Å². The van der Waals surface area contributed by atoms with Crippen molar-refractivity contribution in [3.63, 3.8) is 0 Å². The summed E-state index contributed by atoms with van der Waals surface area (Å²) in [6, 6.07) is 0. The number of hydrogen-bond acceptors (Lipinski definition) is 4. The Kier molecular flexibility index (Phi) is 2.75. The fourth-order valence-electron chi connectivity index (χ4n) is 1.34. The van der Waals surface area contributed by atoms with Gasteiger partial charge >= 0.3 is 6.18 Å². The molecule has 0 aliphatic carbocycles. The number of anilines is 1. The zero-order chi connectivity index (χ0) is 11.8. The molecule has 1 saturated heterocycles. The summed E-state index contributed by atoms with van der Waals surface area (Å²) >= 11 is 0.558. The Balaban J connectivity index is 2.15. The van der Waals surface area contributed by atoms with Crippen LogP contribution >= 0.6 is 11.3 Å². The minimum Gasteiger partial charge on any atom is -0.353 e. The fourth-order valence-corrected chi connectivity index (χ4v) is 2.15. The van der Waals surface area contributed by atoms with Crippen molar-refractivity contribution in [3.8, 4) is 0 Å². The molecule has 0 bridgehead atoms. The van der Waals surface area contributed by atoms with Crippen molar-refractivity contribution in [1.29, 1.82) is 0 Å². The Morgan fingerprint density at radius 3 is 2.81 bits per heavy atom. The molecule has 0 saturated carbocycles. The quantitative estimate of drug-likeness (QED) is 0.813. The zero-order valence-electron chi connectivity index (χ0n) is 8.04. The predicted molar refractivity (Wildman–Crippen MR) is 52.3 cm³/mol. The molecule has 1 aliphatic rings. The number of piperazine rings is 1. The fraction of sp³-hybridized carbons (Fsp3) is 0.500. The van der Waals surface area contributed by atoms with Gasteiger partial charge in [-0.2, -0.15) is 13.2 Å². The third-order valence-corrected chi connectivity index (χ3v) is 3.18. The predicted octanol–water partition coefficient (Wildman–Crippen LogP) is 1.10. The van der Waals surface area contributed by atoms with E-state index >= 15 is 0 Å². The van der Waals surface area contributed by atoms with E-state index in [9.17, 15) is 18.0 Å². The van der Waals surface area contributed by atoms with E-state index in [0.717, 1.165) is 6.20 Å². The Hall–Kier alpha value is -1.31. The van der Waals surface area contributed by atoms with Crippen LogP contribution in [0, 0.1) is 0 Å². The molecule has 1 amide bonds. The maximum absolute atomic E-state index is 12.3. The Labute approximate surface area is 93.1 Å². The molecule has 4 nitrogen and oxygen atoms in total. The van der Waals surface area contributed by atoms with Crippen LogP contribution in [0.15, 0.2) is 6.20 Å². The minimum absolute atomic E-state index is 0.0603. The molecule has 0 atom stereocenters. The second-order valence-electron chi connectivity index (χ2n) is 3.28. The lowest BCUT2D eigenvalue weighted by Crippen LogP contribution is -2.47. The van der Waals surface area contributed by atoms with Crippen molar-refractivity contribution in [1.82, 2.24) is 10.3 Å². The van der Waals surface area contributed by atoms with E-state index in [0.29, 0.717) is 24.4 Å². The summed E-state index contributed by atoms with van der Waals surface area (Å²) in [7, 11) is 0. The number of carbonyl (C=O) groups is 1. The van der Waals surface area contributed by atoms with E-state index in [1.807, 2.05) is 0 Å². The lowest BCUT2D eigenvalue weighted by Gasteiger charge is -2.25. The second-order valence-corrected chi connectivity index (χ2v) is 4.29. The summed E-state index contributed by atoms with van der Waals surface area (Å²) in [5.41, 5.74) is 0. The van der Waals surface area contributed by atoms with E-state index in [-0.39, 0.29) is 17.6 Å². The van der Waals surface area contributed by atoms with Gasteiger partial charge in [0.2, 0.25) is 5.91 Å². The molecule has 8 heteroatoms. The van der Waals surface area contributed by atoms with Gasteiger partial charge in [0.25, 0.3) is 0 Å². The summed E-state index contributed by atoms with van der Waals surface area (Å²) < 4.78 is 37.0. The van der Waals surface area contributed by atoms with Gasteiger partial charge in [-0.15, -0.1) is 0 Å². The number of carbonyl (C=O) groups excluding carboxylic acids is 1. The Morgan fingerprint density at radius 1 is 1.50 bits per heavy atom. The third kappa shape index (κ3) is 2.26. The topological polar surface area (TPSA) is 45.2 Å². The molecule has 0 spiro atoms. The van der Waals surface area contributed by atoms with E-state index in [2.05, 4.69) is 10.3 Å². The highest BCUT2D eigenvalue weighted by molar-refractivity contribution is 7.15. The van der Waals surface area contributed by atoms with Gasteiger partial charge in [0.15, 0.2) is 5.13 Å². The SMILES string of the molecule is O=C1CN(c2ncc(C(F)(F)F)s2)CCN1. The van der Waals surface area contributed by atoms with E-state index in [1.54, 1.807) is 4.90 Å². The second kappa shape index (κ2) is 3.93. The molecule has 2 rings (SSSR count). The maximum atomic E-state index is 12.3. The van der Waals surface area contributed by atoms with Gasteiger partial charge in [-0.3, -0.25) is 4.79 Å². The summed E-state index contributed by atoms with van der Waals surface area (Å²) in [6.07, 6.45) is -3.57. The van der Waals surface area contributed by atoms with Crippen LogP contribution in [0.4, 0.5) is 18.3 Å². The molecule has 2 heterocycles. The zero-order valence-corrected chi connectivity index (χ0v) is 8.86. The van der Waals surface area contributed by atoms with Crippen LogP contribution in [0.5, 0.6) is 0 Å². The van der Waals surface area contributed by atoms with Crippen molar-refractivity contribution in [2.45, 2.75) is 6.18 Å². The molecule has 88 valence electrons. The number of thiazole rings is 1. The van der Waals surface area contributed by atoms with Crippen LogP contribution in [0.25, 0.3) is 0 Å². The summed E-state index contributed by atoms with van der Waals surface area (Å²) in [4.78, 5) is 15.5. The van der Waals surface area contributed by atoms with E-state index in [1.165, 1.54) is 0 Å². The first-order chi connectivity index (χ1) is 7.47. The van der Waals surface area contributed by atoms with Gasteiger partial charge in [-0.1, -0.05) is 11.3 Å². The first kappa shape index (κ1) is 11.2. The van der Waals surface area contributed by atoms with Crippen molar-refractivity contribution in [3.05, 3.63) is 11.1 Å². The normalized spacial score (nSPS) is 17.4. The van der Waals surface area contributed by atoms with Crippen molar-refractivity contribution >= 4 is 22.4 Å². The summed E-state index contributed by atoms with van der Waals surface area (Å²) in [5.74, 6) is -0.199. The third-order valence-electron chi connectivity index (χ3n) is 2.08. The first-order valence-corrected chi connectivity index (χ1v) is 5.33. The van der Waals surface area contributed by atoms with Gasteiger partial charge in [0.05, 0.1) is 12.7 Å². The van der Waals surface area contributed by atoms with Crippen molar-refractivity contribution in [2.75, 3.05) is 24.5 Å². The summed E-state index contributed by atoms with van der Waals surface area (Å²) in [5, 5.41) is 2.83. The molecule has 1 aromatic heterocycles. The number of halogens is 3. The molecular formula is C8H8F3N3OS. The van der Waals surface area contributed by atoms with Gasteiger partial charge in [-0.25, -0.2) is 4.98 Å². The number of nitrogens with zero attached hydrogens (tertiary/aromatic N) is 2. The number of nitrogens with one attached hydrogen (secondary N) is 1. The Morgan fingerprint density at radius 2 is 2.25 bits per heavy atom. The van der Waals surface area contributed by atoms with Crippen LogP contribution in [-0.4, -0.2) is 30.5 Å². The number of rotatable bonds is 1. The molecule has 1 fully saturated rings. The van der Waals surface area contributed by atoms with Crippen LogP contribution in [-0.2, 0) is 11.0 Å². The van der Waals surface area contributed by atoms with Crippen LogP contribution in [0.2, 0.25) is 0 Å². The van der Waals surface area contributed by atoms with E-state index < -0.39 is 11.1 Å². The average molecular weight is 251 g/mol. The van der Waals surface area contributed by atoms with Gasteiger partial charge in [-0.05, 0) is 0 Å². The molecule has 0 radical (unpaired) electrons. The van der Waals surface area contributed by atoms with Gasteiger partial charge in [0, 0.05) is 13.1 Å². The number of aromatic nitrogens is 1. The van der Waals surface area contributed by atoms with Crippen LogP contribution in [0.3, 0.4) is 0 Å². The lowest BCUT2D eigenvalue weighted by molar-refractivity contribution is -0.134. The number of amides is 1. The van der Waals surface area contributed by atoms with Crippen LogP contribution < -0.4 is 10.2 Å². The molecule has 0 unspecified atom stereocenters. The maximum Gasteiger partial charge on any atom is 0.427 e. The number of hydrogen-bond donors (Lipinski definition) is 1. The highest BCUT2D eigenvalue weighted by atomic mass is 32.1. The average Bonchev–Trinajstić information content (AvgIpc) is 2.65. The van der Waals surface area contributed by atoms with E-state index in [4.69, 9.17) is 0 Å². The molecule has 1 aromatic rings. The van der Waals surface area contributed by atoms with Crippen molar-refractivity contribution < 1.29 is 18.0 Å². The highest BCUT2D eigenvalue weighted by Gasteiger charge is 2.34. The van der Waals surface area contributed by atoms with Crippen LogP contribution in [0.1, 0.15) is 4.88 Å². The monoisotopic (exact) mass is 251 g/mol. The smallest absolute Gasteiger partial charge is 0.353 e. The molecule has 1 aliphatic heterocycles.